The van der Waals surface area contributed by atoms with Gasteiger partial charge in [0.15, 0.2) is 16.7 Å². The van der Waals surface area contributed by atoms with Crippen molar-refractivity contribution >= 4 is 40.2 Å². The van der Waals surface area contributed by atoms with Gasteiger partial charge in [0.1, 0.15) is 10.6 Å². The first-order valence-electron chi connectivity index (χ1n) is 10.6. The largest absolute Gasteiger partial charge is 0.503 e. The number of carbonyl (C=O) groups excluding carboxylic acids is 3. The summed E-state index contributed by atoms with van der Waals surface area (Å²) < 4.78 is 10.0. The summed E-state index contributed by atoms with van der Waals surface area (Å²) >= 11 is 0.953. The number of amides is 1. The van der Waals surface area contributed by atoms with Crippen molar-refractivity contribution in [1.82, 2.24) is 4.98 Å². The molecule has 0 radical (unpaired) electrons. The zero-order chi connectivity index (χ0) is 25.1. The first-order chi connectivity index (χ1) is 16.8. The van der Waals surface area contributed by atoms with Gasteiger partial charge in [0.25, 0.3) is 5.91 Å². The number of anilines is 1. The number of benzene rings is 2. The minimum Gasteiger partial charge on any atom is -0.503 e. The summed E-state index contributed by atoms with van der Waals surface area (Å²) in [5.74, 6) is -1.97. The third-order valence-corrected chi connectivity index (χ3v) is 6.63. The molecule has 1 unspecified atom stereocenters. The molecule has 1 aliphatic heterocycles. The summed E-state index contributed by atoms with van der Waals surface area (Å²) in [6, 6.07) is 15.0. The maximum atomic E-state index is 13.3. The van der Waals surface area contributed by atoms with Gasteiger partial charge in [-0.3, -0.25) is 14.5 Å². The van der Waals surface area contributed by atoms with E-state index in [2.05, 4.69) is 4.98 Å². The molecule has 1 N–H and O–H groups in total. The predicted molar refractivity (Wildman–Crippen MR) is 132 cm³/mol. The van der Waals surface area contributed by atoms with Crippen LogP contribution in [-0.4, -0.2) is 42.0 Å². The van der Waals surface area contributed by atoms with Crippen LogP contribution in [0.3, 0.4) is 0 Å². The summed E-state index contributed by atoms with van der Waals surface area (Å²) in [7, 11) is 2.79. The third-order valence-electron chi connectivity index (χ3n) is 5.49. The van der Waals surface area contributed by atoms with E-state index in [1.54, 1.807) is 37.3 Å². The fourth-order valence-electron chi connectivity index (χ4n) is 3.75. The summed E-state index contributed by atoms with van der Waals surface area (Å²) in [4.78, 5) is 44.5. The van der Waals surface area contributed by atoms with Crippen LogP contribution >= 0.6 is 11.3 Å². The number of rotatable bonds is 7. The number of esters is 1. The second kappa shape index (κ2) is 9.94. The van der Waals surface area contributed by atoms with E-state index in [1.165, 1.54) is 25.2 Å². The Morgan fingerprint density at radius 1 is 1.09 bits per heavy atom. The van der Waals surface area contributed by atoms with Gasteiger partial charge in [-0.2, -0.15) is 0 Å². The minimum absolute atomic E-state index is 0.0835. The Morgan fingerprint density at radius 3 is 2.40 bits per heavy atom. The van der Waals surface area contributed by atoms with Gasteiger partial charge in [0.2, 0.25) is 0 Å². The quantitative estimate of drug-likeness (QED) is 0.386. The highest BCUT2D eigenvalue weighted by atomic mass is 32.1. The highest BCUT2D eigenvalue weighted by molar-refractivity contribution is 7.17. The topological polar surface area (TPSA) is 106 Å². The van der Waals surface area contributed by atoms with Crippen LogP contribution in [0, 0.1) is 6.92 Å². The van der Waals surface area contributed by atoms with Crippen molar-refractivity contribution in [1.29, 1.82) is 0 Å². The molecule has 3 aromatic rings. The number of aliphatic hydroxyl groups excluding tert-OH is 1. The average Bonchev–Trinajstić information content (AvgIpc) is 3.39. The van der Waals surface area contributed by atoms with Crippen LogP contribution in [0.4, 0.5) is 5.13 Å². The number of aryl methyl sites for hydroxylation is 1. The first kappa shape index (κ1) is 23.9. The van der Waals surface area contributed by atoms with Gasteiger partial charge in [-0.25, -0.2) is 9.78 Å². The Hall–Kier alpha value is -4.24. The van der Waals surface area contributed by atoms with E-state index in [-0.39, 0.29) is 15.6 Å². The number of carbonyl (C=O) groups is 3. The average molecular weight is 491 g/mol. The molecule has 0 bridgehead atoms. The number of hydrogen-bond acceptors (Lipinski definition) is 8. The molecule has 178 valence electrons. The van der Waals surface area contributed by atoms with Crippen molar-refractivity contribution in [3.63, 3.8) is 0 Å². The Kier molecular flexibility index (Phi) is 6.79. The van der Waals surface area contributed by atoms with E-state index >= 15 is 0 Å². The van der Waals surface area contributed by atoms with Crippen molar-refractivity contribution in [3.8, 4) is 5.75 Å². The number of thiazole rings is 1. The lowest BCUT2D eigenvalue weighted by Crippen LogP contribution is -2.30. The molecule has 35 heavy (non-hydrogen) atoms. The molecular formula is C26H22N2O6S. The number of nitrogens with zero attached hydrogens (tertiary/aromatic N) is 2. The maximum Gasteiger partial charge on any atom is 0.350 e. The van der Waals surface area contributed by atoms with E-state index in [1.807, 2.05) is 30.3 Å². The standard InChI is InChI=1S/C26H22N2O6S/c1-15-23(25(32)34-3)35-26(27-15)28-21(17-10-12-18(33-2)13-11-17)20(22(30)24(28)31)19(29)14-9-16-7-5-4-6-8-16/h4-14,21,30H,1-3H3. The molecule has 2 aromatic carbocycles. The first-order valence-corrected chi connectivity index (χ1v) is 11.4. The molecule has 1 aromatic heterocycles. The molecule has 1 amide bonds. The van der Waals surface area contributed by atoms with Crippen molar-refractivity contribution in [2.75, 3.05) is 19.1 Å². The Balaban J connectivity index is 1.80. The molecule has 0 spiro atoms. The fourth-order valence-corrected chi connectivity index (χ4v) is 4.76. The van der Waals surface area contributed by atoms with Gasteiger partial charge < -0.3 is 14.6 Å². The van der Waals surface area contributed by atoms with Crippen LogP contribution in [0.15, 0.2) is 72.0 Å². The fraction of sp³-hybridized carbons (Fsp3) is 0.154. The molecule has 9 heteroatoms. The number of aliphatic hydroxyl groups is 1. The third kappa shape index (κ3) is 4.58. The van der Waals surface area contributed by atoms with E-state index in [9.17, 15) is 19.5 Å². The zero-order valence-corrected chi connectivity index (χ0v) is 20.0. The molecule has 0 aliphatic carbocycles. The van der Waals surface area contributed by atoms with Gasteiger partial charge >= 0.3 is 5.97 Å². The Bertz CT molecular complexity index is 1340. The van der Waals surface area contributed by atoms with Gasteiger partial charge in [-0.05, 0) is 36.3 Å². The van der Waals surface area contributed by atoms with Gasteiger partial charge in [-0.15, -0.1) is 0 Å². The van der Waals surface area contributed by atoms with E-state index in [0.29, 0.717) is 17.0 Å². The highest BCUT2D eigenvalue weighted by Crippen LogP contribution is 2.43. The molecule has 0 saturated heterocycles. The molecule has 0 fully saturated rings. The van der Waals surface area contributed by atoms with Gasteiger partial charge in [0, 0.05) is 0 Å². The molecule has 2 heterocycles. The highest BCUT2D eigenvalue weighted by Gasteiger charge is 2.45. The maximum absolute atomic E-state index is 13.3. The van der Waals surface area contributed by atoms with E-state index in [4.69, 9.17) is 9.47 Å². The lowest BCUT2D eigenvalue weighted by atomic mass is 9.95. The van der Waals surface area contributed by atoms with Crippen molar-refractivity contribution in [3.05, 3.63) is 93.7 Å². The number of allylic oxidation sites excluding steroid dienone is 1. The summed E-state index contributed by atoms with van der Waals surface area (Å²) in [5.41, 5.74) is 1.65. The van der Waals surface area contributed by atoms with Crippen molar-refractivity contribution in [2.45, 2.75) is 13.0 Å². The molecule has 1 aliphatic rings. The Labute approximate surface area is 205 Å². The monoisotopic (exact) mass is 490 g/mol. The summed E-state index contributed by atoms with van der Waals surface area (Å²) in [5, 5.41) is 11.0. The Morgan fingerprint density at radius 2 is 1.77 bits per heavy atom. The van der Waals surface area contributed by atoms with Crippen LogP contribution in [0.25, 0.3) is 6.08 Å². The van der Waals surface area contributed by atoms with Crippen LogP contribution in [0.2, 0.25) is 0 Å². The zero-order valence-electron chi connectivity index (χ0n) is 19.2. The van der Waals surface area contributed by atoms with Crippen LogP contribution < -0.4 is 9.64 Å². The van der Waals surface area contributed by atoms with Crippen molar-refractivity contribution < 1.29 is 29.0 Å². The van der Waals surface area contributed by atoms with Crippen molar-refractivity contribution in [2.24, 2.45) is 0 Å². The second-order valence-corrected chi connectivity index (χ2v) is 8.60. The van der Waals surface area contributed by atoms with Crippen LogP contribution in [0.1, 0.15) is 32.5 Å². The molecule has 1 atom stereocenters. The second-order valence-electron chi connectivity index (χ2n) is 7.62. The lowest BCUT2D eigenvalue weighted by Gasteiger charge is -2.24. The normalized spacial score (nSPS) is 15.7. The lowest BCUT2D eigenvalue weighted by molar-refractivity contribution is -0.117. The molecule has 4 rings (SSSR count). The number of ether oxygens (including phenoxy) is 2. The van der Waals surface area contributed by atoms with E-state index < -0.39 is 29.5 Å². The number of ketones is 1. The van der Waals surface area contributed by atoms with Crippen LogP contribution in [-0.2, 0) is 14.3 Å². The smallest absolute Gasteiger partial charge is 0.350 e. The molecular weight excluding hydrogens is 468 g/mol. The predicted octanol–water partition coefficient (Wildman–Crippen LogP) is 4.43. The van der Waals surface area contributed by atoms with E-state index in [0.717, 1.165) is 16.9 Å². The minimum atomic E-state index is -0.961. The number of hydrogen-bond donors (Lipinski definition) is 1. The van der Waals surface area contributed by atoms with Gasteiger partial charge in [0.05, 0.1) is 31.5 Å². The van der Waals surface area contributed by atoms with Crippen LogP contribution in [0.5, 0.6) is 5.75 Å². The summed E-state index contributed by atoms with van der Waals surface area (Å²) in [6.45, 7) is 1.62. The summed E-state index contributed by atoms with van der Waals surface area (Å²) in [6.07, 6.45) is 2.94. The number of aromatic nitrogens is 1. The molecule has 8 nitrogen and oxygen atoms in total. The SMILES string of the molecule is COC(=O)c1sc(N2C(=O)C(O)=C(C(=O)C=Cc3ccccc3)C2c2ccc(OC)cc2)nc1C. The number of methoxy groups -OCH3 is 2. The molecule has 0 saturated carbocycles. The van der Waals surface area contributed by atoms with Gasteiger partial charge in [-0.1, -0.05) is 59.9 Å².